The number of aliphatic hydroxyl groups is 2. The van der Waals surface area contributed by atoms with Gasteiger partial charge in [-0.15, -0.1) is 0 Å². The number of primary amides is 1. The number of rotatable bonds is 26. The number of benzene rings is 1. The minimum Gasteiger partial charge on any atom is -0.481 e. The van der Waals surface area contributed by atoms with Crippen molar-refractivity contribution in [2.24, 2.45) is 27.9 Å². The van der Waals surface area contributed by atoms with Crippen molar-refractivity contribution < 1.29 is 68.4 Å². The zero-order valence-corrected chi connectivity index (χ0v) is 35.2. The molecule has 1 saturated heterocycles. The third-order valence-electron chi connectivity index (χ3n) is 9.67. The van der Waals surface area contributed by atoms with E-state index in [4.69, 9.17) is 22.9 Å². The summed E-state index contributed by atoms with van der Waals surface area (Å²) in [6, 6.07) is -2.72. The fourth-order valence-corrected chi connectivity index (χ4v) is 6.32. The molecular formula is C38H58N12O14. The van der Waals surface area contributed by atoms with Gasteiger partial charge in [0.15, 0.2) is 5.96 Å². The number of hydrogen-bond acceptors (Lipinski definition) is 14. The summed E-state index contributed by atoms with van der Waals surface area (Å²) in [6.07, 6.45) is -4.52. The summed E-state index contributed by atoms with van der Waals surface area (Å²) in [6.45, 7) is 1.43. The average molecular weight is 907 g/mol. The van der Waals surface area contributed by atoms with Crippen molar-refractivity contribution in [3.8, 4) is 0 Å². The Morgan fingerprint density at radius 3 is 1.91 bits per heavy atom. The summed E-state index contributed by atoms with van der Waals surface area (Å²) in [7, 11) is 0. The van der Waals surface area contributed by atoms with Crippen LogP contribution in [0, 0.1) is 0 Å². The molecule has 26 heteroatoms. The van der Waals surface area contributed by atoms with E-state index < -0.39 is 133 Å². The molecule has 0 bridgehead atoms. The highest BCUT2D eigenvalue weighted by molar-refractivity contribution is 5.98. The van der Waals surface area contributed by atoms with E-state index in [-0.39, 0.29) is 44.7 Å². The molecule has 1 aliphatic heterocycles. The molecule has 0 unspecified atom stereocenters. The van der Waals surface area contributed by atoms with E-state index in [2.05, 4.69) is 36.9 Å². The van der Waals surface area contributed by atoms with E-state index in [0.29, 0.717) is 12.0 Å². The maximum atomic E-state index is 13.9. The second-order valence-electron chi connectivity index (χ2n) is 14.9. The van der Waals surface area contributed by atoms with Crippen LogP contribution in [-0.2, 0) is 54.4 Å². The molecule has 0 aliphatic carbocycles. The van der Waals surface area contributed by atoms with E-state index in [1.54, 1.807) is 30.3 Å². The fraction of sp³-hybridized carbons (Fsp3) is 0.553. The van der Waals surface area contributed by atoms with E-state index in [9.17, 15) is 68.4 Å². The van der Waals surface area contributed by atoms with Gasteiger partial charge in [-0.1, -0.05) is 30.3 Å². The summed E-state index contributed by atoms with van der Waals surface area (Å²) >= 11 is 0. The number of aliphatic imine (C=N–C) groups is 1. The maximum absolute atomic E-state index is 13.9. The highest BCUT2D eigenvalue weighted by atomic mass is 16.4. The molecule has 0 spiro atoms. The predicted octanol–water partition coefficient (Wildman–Crippen LogP) is -6.66. The zero-order chi connectivity index (χ0) is 48.3. The van der Waals surface area contributed by atoms with Crippen molar-refractivity contribution in [1.29, 1.82) is 0 Å². The van der Waals surface area contributed by atoms with Crippen molar-refractivity contribution in [2.75, 3.05) is 19.6 Å². The number of aliphatic hydroxyl groups excluding tert-OH is 2. The first-order valence-electron chi connectivity index (χ1n) is 20.0. The number of nitrogens with two attached hydrogens (primary N) is 4. The first kappa shape index (κ1) is 53.2. The molecule has 1 aromatic carbocycles. The topological polar surface area (TPSA) is 443 Å². The van der Waals surface area contributed by atoms with Gasteiger partial charge >= 0.3 is 11.9 Å². The Morgan fingerprint density at radius 1 is 0.750 bits per heavy atom. The number of carbonyl (C=O) groups excluding carboxylic acids is 8. The minimum atomic E-state index is -1.79. The third-order valence-corrected chi connectivity index (χ3v) is 9.67. The lowest BCUT2D eigenvalue weighted by Gasteiger charge is -2.28. The van der Waals surface area contributed by atoms with Gasteiger partial charge in [-0.05, 0) is 45.1 Å². The SMILES string of the molecule is C[C@@H](O)[C@H](N)C(=O)N[C@@H](CC(N)=O)C(=O)N[C@H](C(=O)NCC(=O)N[C@@H](CCCN=C(N)N)C(=O)N[C@@H](Cc1ccccc1)C(=O)N[C@@H](CC(=O)O)C(=O)N1CCC[C@H]1C(=O)O)[C@@H](C)O. The zero-order valence-electron chi connectivity index (χ0n) is 35.2. The number of likely N-dealkylation sites (tertiary alicyclic amines) is 1. The van der Waals surface area contributed by atoms with Gasteiger partial charge in [-0.2, -0.15) is 0 Å². The van der Waals surface area contributed by atoms with Gasteiger partial charge in [0.25, 0.3) is 0 Å². The van der Waals surface area contributed by atoms with Gasteiger partial charge < -0.3 is 80.2 Å². The van der Waals surface area contributed by atoms with Crippen LogP contribution >= 0.6 is 0 Å². The Balaban J connectivity index is 2.31. The van der Waals surface area contributed by atoms with Crippen molar-refractivity contribution in [2.45, 2.75) is 113 Å². The molecule has 0 aromatic heterocycles. The van der Waals surface area contributed by atoms with E-state index in [0.717, 1.165) is 11.8 Å². The van der Waals surface area contributed by atoms with Gasteiger partial charge in [0.05, 0.1) is 31.6 Å². The predicted molar refractivity (Wildman–Crippen MR) is 222 cm³/mol. The van der Waals surface area contributed by atoms with Crippen LogP contribution in [0.3, 0.4) is 0 Å². The monoisotopic (exact) mass is 906 g/mol. The standard InChI is InChI=1S/C38H58N12O14/c1-18(51)29(40)34(60)47-23(15-26(39)53)33(59)49-30(19(2)52)35(61)44-17-27(54)45-21(10-6-12-43-38(41)42)31(57)46-22(14-20-8-4-3-5-9-20)32(58)48-24(16-28(55)56)36(62)50-13-7-11-25(50)37(63)64/h3-5,8-9,18-19,21-25,29-30,51-52H,6-7,10-17,40H2,1-2H3,(H2,39,53)(H,44,61)(H,45,54)(H,46,57)(H,47,60)(H,48,58)(H,49,59)(H,55,56)(H,63,64)(H4,41,42,43)/t18-,19-,21+,22+,23+,24+,25+,29+,30+/m1/s1. The average Bonchev–Trinajstić information content (AvgIpc) is 3.72. The van der Waals surface area contributed by atoms with Gasteiger partial charge in [-0.25, -0.2) is 4.79 Å². The Morgan fingerprint density at radius 2 is 1.34 bits per heavy atom. The number of carboxylic acid groups (broad SMARTS) is 2. The van der Waals surface area contributed by atoms with Crippen LogP contribution < -0.4 is 54.8 Å². The second kappa shape index (κ2) is 25.9. The van der Waals surface area contributed by atoms with Gasteiger partial charge in [0.2, 0.25) is 47.3 Å². The lowest BCUT2D eigenvalue weighted by molar-refractivity contribution is -0.150. The lowest BCUT2D eigenvalue weighted by Crippen LogP contribution is -2.60. The number of amides is 8. The van der Waals surface area contributed by atoms with Crippen LogP contribution in [-0.4, -0.2) is 165 Å². The van der Waals surface area contributed by atoms with Crippen LogP contribution in [0.5, 0.6) is 0 Å². The number of carboxylic acids is 2. The minimum absolute atomic E-state index is 0.000189. The normalized spacial score (nSPS) is 17.0. The quantitative estimate of drug-likeness (QED) is 0.0233. The molecule has 8 amide bonds. The van der Waals surface area contributed by atoms with E-state index in [1.165, 1.54) is 6.92 Å². The smallest absolute Gasteiger partial charge is 0.326 e. The summed E-state index contributed by atoms with van der Waals surface area (Å²) in [4.78, 5) is 133. The number of nitrogens with one attached hydrogen (secondary N) is 6. The van der Waals surface area contributed by atoms with E-state index >= 15 is 0 Å². The molecule has 9 atom stereocenters. The number of hydrogen-bond donors (Lipinski definition) is 14. The van der Waals surface area contributed by atoms with Crippen LogP contribution in [0.4, 0.5) is 0 Å². The fourth-order valence-electron chi connectivity index (χ4n) is 6.32. The lowest BCUT2D eigenvalue weighted by atomic mass is 10.0. The Kier molecular flexibility index (Phi) is 21.5. The maximum Gasteiger partial charge on any atom is 0.326 e. The molecule has 1 fully saturated rings. The van der Waals surface area contributed by atoms with Crippen molar-refractivity contribution in [1.82, 2.24) is 36.8 Å². The summed E-state index contributed by atoms with van der Waals surface area (Å²) in [5, 5.41) is 52.9. The molecule has 2 rings (SSSR count). The number of carbonyl (C=O) groups is 10. The Hall–Kier alpha value is -6.93. The molecular weight excluding hydrogens is 848 g/mol. The molecule has 0 radical (unpaired) electrons. The highest BCUT2D eigenvalue weighted by Gasteiger charge is 2.40. The molecule has 64 heavy (non-hydrogen) atoms. The summed E-state index contributed by atoms with van der Waals surface area (Å²) in [5.41, 5.74) is 22.1. The van der Waals surface area contributed by atoms with Crippen molar-refractivity contribution in [3.63, 3.8) is 0 Å². The molecule has 1 aromatic rings. The summed E-state index contributed by atoms with van der Waals surface area (Å²) < 4.78 is 0. The molecule has 354 valence electrons. The number of guanidine groups is 1. The van der Waals surface area contributed by atoms with Gasteiger partial charge in [0.1, 0.15) is 42.3 Å². The van der Waals surface area contributed by atoms with Gasteiger partial charge in [0, 0.05) is 19.5 Å². The molecule has 18 N–H and O–H groups in total. The highest BCUT2D eigenvalue weighted by Crippen LogP contribution is 2.19. The molecule has 26 nitrogen and oxygen atoms in total. The first-order chi connectivity index (χ1) is 30.0. The summed E-state index contributed by atoms with van der Waals surface area (Å²) in [5.74, 6) is -11.4. The van der Waals surface area contributed by atoms with Gasteiger partial charge in [-0.3, -0.25) is 48.1 Å². The van der Waals surface area contributed by atoms with Crippen LogP contribution in [0.1, 0.15) is 57.9 Å². The first-order valence-corrected chi connectivity index (χ1v) is 20.0. The Labute approximate surface area is 366 Å². The van der Waals surface area contributed by atoms with Crippen LogP contribution in [0.25, 0.3) is 0 Å². The molecule has 0 saturated carbocycles. The van der Waals surface area contributed by atoms with Crippen molar-refractivity contribution >= 4 is 65.2 Å². The number of nitrogens with zero attached hydrogens (tertiary/aromatic N) is 2. The number of aliphatic carboxylic acids is 2. The van der Waals surface area contributed by atoms with Crippen LogP contribution in [0.15, 0.2) is 35.3 Å². The Bertz CT molecular complexity index is 1880. The molecule has 1 aliphatic rings. The van der Waals surface area contributed by atoms with Crippen LogP contribution in [0.2, 0.25) is 0 Å². The second-order valence-corrected chi connectivity index (χ2v) is 14.9. The van der Waals surface area contributed by atoms with Crippen molar-refractivity contribution in [3.05, 3.63) is 35.9 Å². The van der Waals surface area contributed by atoms with E-state index in [1.807, 2.05) is 0 Å². The molecule has 1 heterocycles. The third kappa shape index (κ3) is 17.8. The largest absolute Gasteiger partial charge is 0.481 e.